The van der Waals surface area contributed by atoms with Gasteiger partial charge in [0.1, 0.15) is 5.58 Å². The maximum absolute atomic E-state index is 13.2. The summed E-state index contributed by atoms with van der Waals surface area (Å²) >= 11 is 0. The molecule has 6 nitrogen and oxygen atoms in total. The van der Waals surface area contributed by atoms with E-state index in [1.807, 2.05) is 45.0 Å². The second kappa shape index (κ2) is 8.48. The van der Waals surface area contributed by atoms with Crippen molar-refractivity contribution >= 4 is 26.7 Å². The van der Waals surface area contributed by atoms with Gasteiger partial charge in [-0.1, -0.05) is 24.6 Å². The van der Waals surface area contributed by atoms with E-state index in [4.69, 9.17) is 4.42 Å². The first-order valence-corrected chi connectivity index (χ1v) is 12.1. The van der Waals surface area contributed by atoms with Gasteiger partial charge in [-0.2, -0.15) is 4.31 Å². The molecule has 7 heteroatoms. The lowest BCUT2D eigenvalue weighted by Crippen LogP contribution is -2.36. The van der Waals surface area contributed by atoms with E-state index >= 15 is 0 Å². The Bertz CT molecular complexity index is 1290. The third-order valence-electron chi connectivity index (χ3n) is 6.12. The summed E-state index contributed by atoms with van der Waals surface area (Å²) in [6, 6.07) is 10.8. The molecule has 1 N–H and O–H groups in total. The van der Waals surface area contributed by atoms with Crippen molar-refractivity contribution in [1.29, 1.82) is 0 Å². The molecular weight excluding hydrogens is 412 g/mol. The molecule has 3 aromatic rings. The van der Waals surface area contributed by atoms with E-state index in [1.165, 1.54) is 6.07 Å². The van der Waals surface area contributed by atoms with E-state index in [2.05, 4.69) is 5.32 Å². The largest absolute Gasteiger partial charge is 0.422 e. The molecule has 0 aliphatic carbocycles. The van der Waals surface area contributed by atoms with Crippen LogP contribution in [-0.2, 0) is 16.6 Å². The van der Waals surface area contributed by atoms with Crippen LogP contribution in [0.25, 0.3) is 11.0 Å². The van der Waals surface area contributed by atoms with Crippen LogP contribution in [0.4, 0.5) is 5.69 Å². The number of rotatable bonds is 5. The van der Waals surface area contributed by atoms with Crippen molar-refractivity contribution in [2.75, 3.05) is 18.4 Å². The van der Waals surface area contributed by atoms with Crippen LogP contribution in [0.5, 0.6) is 0 Å². The van der Waals surface area contributed by atoms with Crippen molar-refractivity contribution in [3.05, 3.63) is 69.1 Å². The molecule has 0 spiro atoms. The first-order chi connectivity index (χ1) is 14.8. The Balaban J connectivity index is 1.64. The predicted octanol–water partition coefficient (Wildman–Crippen LogP) is 4.50. The first kappa shape index (κ1) is 21.6. The van der Waals surface area contributed by atoms with Crippen molar-refractivity contribution in [3.63, 3.8) is 0 Å². The maximum Gasteiger partial charge on any atom is 0.336 e. The van der Waals surface area contributed by atoms with Crippen LogP contribution in [0.2, 0.25) is 0 Å². The van der Waals surface area contributed by atoms with Crippen LogP contribution < -0.4 is 10.9 Å². The van der Waals surface area contributed by atoms with Crippen molar-refractivity contribution < 1.29 is 12.8 Å². The summed E-state index contributed by atoms with van der Waals surface area (Å²) in [5, 5.41) is 4.17. The summed E-state index contributed by atoms with van der Waals surface area (Å²) in [7, 11) is -3.52. The summed E-state index contributed by atoms with van der Waals surface area (Å²) in [5.41, 5.74) is 4.46. The average Bonchev–Trinajstić information content (AvgIpc) is 2.76. The normalized spacial score (nSPS) is 15.3. The van der Waals surface area contributed by atoms with Crippen molar-refractivity contribution in [2.45, 2.75) is 51.5 Å². The SMILES string of the molecule is Cc1ccc(NCc2cc(=O)oc3c(C)c(C)ccc23)cc1S(=O)(=O)N1CCCCC1. The van der Waals surface area contributed by atoms with E-state index in [-0.39, 0.29) is 0 Å². The molecule has 31 heavy (non-hydrogen) atoms. The van der Waals surface area contributed by atoms with Crippen molar-refractivity contribution in [2.24, 2.45) is 0 Å². The molecule has 4 rings (SSSR count). The zero-order valence-electron chi connectivity index (χ0n) is 18.2. The Labute approximate surface area is 182 Å². The van der Waals surface area contributed by atoms with Crippen molar-refractivity contribution in [1.82, 2.24) is 4.31 Å². The maximum atomic E-state index is 13.2. The summed E-state index contributed by atoms with van der Waals surface area (Å²) in [6.07, 6.45) is 2.88. The van der Waals surface area contributed by atoms with E-state index < -0.39 is 15.6 Å². The Morgan fingerprint density at radius 1 is 0.968 bits per heavy atom. The highest BCUT2D eigenvalue weighted by Gasteiger charge is 2.27. The third kappa shape index (κ3) is 4.25. The van der Waals surface area contributed by atoms with Gasteiger partial charge in [-0.25, -0.2) is 13.2 Å². The standard InChI is InChI=1S/C24H28N2O4S/c1-16-8-10-21-19(13-23(27)30-24(21)18(16)3)15-25-20-9-7-17(2)22(14-20)31(28,29)26-11-5-4-6-12-26/h7-10,13-14,25H,4-6,11-12,15H2,1-3H3. The Morgan fingerprint density at radius 3 is 2.42 bits per heavy atom. The van der Waals surface area contributed by atoms with Crippen LogP contribution >= 0.6 is 0 Å². The second-order valence-corrected chi connectivity index (χ2v) is 10.2. The molecule has 0 bridgehead atoms. The van der Waals surface area contributed by atoms with Gasteiger partial charge < -0.3 is 9.73 Å². The minimum atomic E-state index is -3.52. The molecule has 1 aliphatic heterocycles. The minimum absolute atomic E-state index is 0.336. The number of hydrogen-bond acceptors (Lipinski definition) is 5. The van der Waals surface area contributed by atoms with Crippen molar-refractivity contribution in [3.8, 4) is 0 Å². The molecule has 2 aromatic carbocycles. The van der Waals surface area contributed by atoms with Gasteiger partial charge in [0.25, 0.3) is 0 Å². The summed E-state index contributed by atoms with van der Waals surface area (Å²) in [6.45, 7) is 7.28. The molecule has 1 saturated heterocycles. The number of aryl methyl sites for hydroxylation is 3. The van der Waals surface area contributed by atoms with Gasteiger partial charge in [0.05, 0.1) is 4.90 Å². The zero-order chi connectivity index (χ0) is 22.2. The fourth-order valence-corrected chi connectivity index (χ4v) is 5.87. The highest BCUT2D eigenvalue weighted by Crippen LogP contribution is 2.27. The fourth-order valence-electron chi connectivity index (χ4n) is 4.10. The number of nitrogens with one attached hydrogen (secondary N) is 1. The third-order valence-corrected chi connectivity index (χ3v) is 8.16. The summed E-state index contributed by atoms with van der Waals surface area (Å²) < 4.78 is 33.4. The fraction of sp³-hybridized carbons (Fsp3) is 0.375. The average molecular weight is 441 g/mol. The number of anilines is 1. The van der Waals surface area contributed by atoms with E-state index in [1.54, 1.807) is 10.4 Å². The molecule has 164 valence electrons. The summed E-state index contributed by atoms with van der Waals surface area (Å²) in [4.78, 5) is 12.4. The molecule has 0 amide bonds. The predicted molar refractivity (Wildman–Crippen MR) is 123 cm³/mol. The van der Waals surface area contributed by atoms with Gasteiger partial charge in [-0.15, -0.1) is 0 Å². The molecule has 2 heterocycles. The molecule has 1 aromatic heterocycles. The van der Waals surface area contributed by atoms with Gasteiger partial charge in [0, 0.05) is 36.8 Å². The second-order valence-electron chi connectivity index (χ2n) is 8.27. The molecule has 0 saturated carbocycles. The number of sulfonamides is 1. The number of fused-ring (bicyclic) bond motifs is 1. The lowest BCUT2D eigenvalue weighted by Gasteiger charge is -2.26. The van der Waals surface area contributed by atoms with Gasteiger partial charge in [-0.05, 0) is 68.0 Å². The van der Waals surface area contributed by atoms with Crippen LogP contribution in [0.3, 0.4) is 0 Å². The zero-order valence-corrected chi connectivity index (χ0v) is 19.0. The van der Waals surface area contributed by atoms with E-state index in [9.17, 15) is 13.2 Å². The monoisotopic (exact) mass is 440 g/mol. The number of hydrogen-bond donors (Lipinski definition) is 1. The van der Waals surface area contributed by atoms with Crippen LogP contribution in [-0.4, -0.2) is 25.8 Å². The Morgan fingerprint density at radius 2 is 1.68 bits per heavy atom. The van der Waals surface area contributed by atoms with Crippen LogP contribution in [0, 0.1) is 20.8 Å². The smallest absolute Gasteiger partial charge is 0.336 e. The van der Waals surface area contributed by atoms with E-state index in [0.717, 1.165) is 46.9 Å². The lowest BCUT2D eigenvalue weighted by molar-refractivity contribution is 0.346. The van der Waals surface area contributed by atoms with E-state index in [0.29, 0.717) is 35.8 Å². The van der Waals surface area contributed by atoms with Gasteiger partial charge in [-0.3, -0.25) is 0 Å². The molecule has 1 fully saturated rings. The Hall–Kier alpha value is -2.64. The molecule has 1 aliphatic rings. The topological polar surface area (TPSA) is 79.6 Å². The molecule has 0 unspecified atom stereocenters. The van der Waals surface area contributed by atoms with Gasteiger partial charge in [0.2, 0.25) is 10.0 Å². The number of benzene rings is 2. The van der Waals surface area contributed by atoms with Crippen LogP contribution in [0.15, 0.2) is 50.5 Å². The quantitative estimate of drug-likeness (QED) is 0.591. The highest BCUT2D eigenvalue weighted by molar-refractivity contribution is 7.89. The summed E-state index contributed by atoms with van der Waals surface area (Å²) in [5.74, 6) is 0. The van der Waals surface area contributed by atoms with Gasteiger partial charge in [0.15, 0.2) is 0 Å². The number of nitrogens with zero attached hydrogens (tertiary/aromatic N) is 1. The minimum Gasteiger partial charge on any atom is -0.422 e. The molecule has 0 radical (unpaired) electrons. The Kier molecular flexibility index (Phi) is 5.90. The first-order valence-electron chi connectivity index (χ1n) is 10.6. The lowest BCUT2D eigenvalue weighted by atomic mass is 10.0. The molecular formula is C24H28N2O4S. The van der Waals surface area contributed by atoms with Gasteiger partial charge >= 0.3 is 5.63 Å². The number of piperidine rings is 1. The highest BCUT2D eigenvalue weighted by atomic mass is 32.2. The molecule has 0 atom stereocenters. The van der Waals surface area contributed by atoms with Crippen LogP contribution in [0.1, 0.15) is 41.5 Å².